The molecule has 0 radical (unpaired) electrons. The molecule has 0 bridgehead atoms. The number of amides is 1. The minimum Gasteiger partial charge on any atom is -0.496 e. The number of benzene rings is 1. The molecule has 0 saturated carbocycles. The highest BCUT2D eigenvalue weighted by Gasteiger charge is 2.12. The highest BCUT2D eigenvalue weighted by Crippen LogP contribution is 2.16. The third-order valence-electron chi connectivity index (χ3n) is 2.87. The zero-order valence-corrected chi connectivity index (χ0v) is 12.6. The van der Waals surface area contributed by atoms with Crippen LogP contribution in [0.5, 0.6) is 5.75 Å². The van der Waals surface area contributed by atoms with Gasteiger partial charge in [0.15, 0.2) is 6.61 Å². The number of aromatic nitrogens is 1. The van der Waals surface area contributed by atoms with Crippen molar-refractivity contribution in [2.75, 3.05) is 13.7 Å². The monoisotopic (exact) mass is 322 g/mol. The summed E-state index contributed by atoms with van der Waals surface area (Å²) in [6.45, 7) is -0.0840. The molecule has 0 atom stereocenters. The summed E-state index contributed by atoms with van der Waals surface area (Å²) in [6.07, 6.45) is 1.46. The van der Waals surface area contributed by atoms with Crippen LogP contribution >= 0.6 is 11.6 Å². The third-order valence-corrected chi connectivity index (χ3v) is 3.09. The molecule has 1 heterocycles. The SMILES string of the molecule is COc1ccccc1CNC(=O)COC(=O)c1cc(Cl)c[nH]1. The van der Waals surface area contributed by atoms with E-state index in [9.17, 15) is 9.59 Å². The van der Waals surface area contributed by atoms with E-state index in [1.54, 1.807) is 13.2 Å². The van der Waals surface area contributed by atoms with Crippen LogP contribution < -0.4 is 10.1 Å². The molecule has 0 aliphatic rings. The van der Waals surface area contributed by atoms with Crippen LogP contribution in [0.25, 0.3) is 0 Å². The van der Waals surface area contributed by atoms with Crippen molar-refractivity contribution in [3.05, 3.63) is 52.8 Å². The third kappa shape index (κ3) is 4.26. The Kier molecular flexibility index (Phi) is 5.43. The molecule has 0 saturated heterocycles. The summed E-state index contributed by atoms with van der Waals surface area (Å²) in [5.74, 6) is -0.364. The summed E-state index contributed by atoms with van der Waals surface area (Å²) in [4.78, 5) is 26.0. The van der Waals surface area contributed by atoms with E-state index in [0.717, 1.165) is 5.56 Å². The van der Waals surface area contributed by atoms with E-state index in [0.29, 0.717) is 10.8 Å². The molecular weight excluding hydrogens is 308 g/mol. The first kappa shape index (κ1) is 15.9. The van der Waals surface area contributed by atoms with Crippen LogP contribution in [0.4, 0.5) is 0 Å². The highest BCUT2D eigenvalue weighted by molar-refractivity contribution is 6.30. The first-order chi connectivity index (χ1) is 10.6. The number of halogens is 1. The van der Waals surface area contributed by atoms with Crippen molar-refractivity contribution in [3.63, 3.8) is 0 Å². The van der Waals surface area contributed by atoms with E-state index in [-0.39, 0.29) is 18.8 Å². The maximum atomic E-state index is 11.7. The van der Waals surface area contributed by atoms with Gasteiger partial charge in [-0.05, 0) is 12.1 Å². The van der Waals surface area contributed by atoms with Gasteiger partial charge < -0.3 is 19.8 Å². The van der Waals surface area contributed by atoms with Crippen LogP contribution in [-0.4, -0.2) is 30.6 Å². The summed E-state index contributed by atoms with van der Waals surface area (Å²) >= 11 is 5.68. The number of methoxy groups -OCH3 is 1. The first-order valence-corrected chi connectivity index (χ1v) is 6.87. The molecule has 0 aliphatic carbocycles. The molecule has 2 N–H and O–H groups in total. The van der Waals surface area contributed by atoms with Crippen molar-refractivity contribution in [2.24, 2.45) is 0 Å². The molecule has 6 nitrogen and oxygen atoms in total. The molecule has 7 heteroatoms. The molecule has 0 spiro atoms. The molecule has 1 aromatic heterocycles. The van der Waals surface area contributed by atoms with Crippen LogP contribution in [-0.2, 0) is 16.1 Å². The molecule has 2 rings (SSSR count). The number of nitrogens with one attached hydrogen (secondary N) is 2. The maximum absolute atomic E-state index is 11.7. The molecule has 22 heavy (non-hydrogen) atoms. The first-order valence-electron chi connectivity index (χ1n) is 6.50. The average Bonchev–Trinajstić information content (AvgIpc) is 2.97. The minimum absolute atomic E-state index is 0.197. The fourth-order valence-corrected chi connectivity index (χ4v) is 1.95. The van der Waals surface area contributed by atoms with Crippen molar-refractivity contribution in [1.29, 1.82) is 0 Å². The number of carbonyl (C=O) groups is 2. The zero-order valence-electron chi connectivity index (χ0n) is 11.9. The fraction of sp³-hybridized carbons (Fsp3) is 0.200. The lowest BCUT2D eigenvalue weighted by Gasteiger charge is -2.09. The minimum atomic E-state index is -0.639. The second-order valence-corrected chi connectivity index (χ2v) is 4.83. The molecule has 116 valence electrons. The van der Waals surface area contributed by atoms with Crippen molar-refractivity contribution in [2.45, 2.75) is 6.54 Å². The predicted octanol–water partition coefficient (Wildman–Crippen LogP) is 2.15. The maximum Gasteiger partial charge on any atom is 0.355 e. The number of esters is 1. The Balaban J connectivity index is 1.80. The van der Waals surface area contributed by atoms with Gasteiger partial charge >= 0.3 is 5.97 Å². The van der Waals surface area contributed by atoms with Gasteiger partial charge in [0.1, 0.15) is 11.4 Å². The Bertz CT molecular complexity index is 669. The van der Waals surface area contributed by atoms with Gasteiger partial charge in [-0.25, -0.2) is 4.79 Å². The second kappa shape index (κ2) is 7.51. The van der Waals surface area contributed by atoms with E-state index in [4.69, 9.17) is 21.1 Å². The Labute approximate surface area is 132 Å². The van der Waals surface area contributed by atoms with Crippen LogP contribution in [0.1, 0.15) is 16.1 Å². The second-order valence-electron chi connectivity index (χ2n) is 4.40. The lowest BCUT2D eigenvalue weighted by molar-refractivity contribution is -0.124. The van der Waals surface area contributed by atoms with Gasteiger partial charge in [-0.1, -0.05) is 29.8 Å². The van der Waals surface area contributed by atoms with Crippen molar-refractivity contribution in [3.8, 4) is 5.75 Å². The highest BCUT2D eigenvalue weighted by atomic mass is 35.5. The van der Waals surface area contributed by atoms with Crippen LogP contribution in [0.15, 0.2) is 36.5 Å². The summed E-state index contributed by atoms with van der Waals surface area (Å²) in [6, 6.07) is 8.76. The number of para-hydroxylation sites is 1. The van der Waals surface area contributed by atoms with E-state index >= 15 is 0 Å². The van der Waals surface area contributed by atoms with Crippen LogP contribution in [0, 0.1) is 0 Å². The van der Waals surface area contributed by atoms with E-state index in [2.05, 4.69) is 10.3 Å². The lowest BCUT2D eigenvalue weighted by Crippen LogP contribution is -2.28. The number of hydrogen-bond acceptors (Lipinski definition) is 4. The van der Waals surface area contributed by atoms with E-state index < -0.39 is 11.9 Å². The molecule has 1 amide bonds. The molecule has 0 aliphatic heterocycles. The number of carbonyl (C=O) groups excluding carboxylic acids is 2. The molecule has 2 aromatic rings. The summed E-state index contributed by atoms with van der Waals surface area (Å²) < 4.78 is 10.1. The Morgan fingerprint density at radius 1 is 1.32 bits per heavy atom. The van der Waals surface area contributed by atoms with Crippen molar-refractivity contribution < 1.29 is 19.1 Å². The van der Waals surface area contributed by atoms with Gasteiger partial charge in [-0.3, -0.25) is 4.79 Å². The Morgan fingerprint density at radius 2 is 2.09 bits per heavy atom. The lowest BCUT2D eigenvalue weighted by atomic mass is 10.2. The van der Waals surface area contributed by atoms with E-state index in [1.165, 1.54) is 12.3 Å². The summed E-state index contributed by atoms with van der Waals surface area (Å²) in [5.41, 5.74) is 1.03. The fourth-order valence-electron chi connectivity index (χ4n) is 1.79. The van der Waals surface area contributed by atoms with Crippen molar-refractivity contribution in [1.82, 2.24) is 10.3 Å². The largest absolute Gasteiger partial charge is 0.496 e. The Hall–Kier alpha value is -2.47. The van der Waals surface area contributed by atoms with Crippen LogP contribution in [0.3, 0.4) is 0 Å². The van der Waals surface area contributed by atoms with Gasteiger partial charge in [0.25, 0.3) is 5.91 Å². The standard InChI is InChI=1S/C15H15ClN2O4/c1-21-13-5-3-2-4-10(13)7-18-14(19)9-22-15(20)12-6-11(16)8-17-12/h2-6,8,17H,7,9H2,1H3,(H,18,19). The quantitative estimate of drug-likeness (QED) is 0.799. The smallest absolute Gasteiger partial charge is 0.355 e. The summed E-state index contributed by atoms with van der Waals surface area (Å²) in [5, 5.41) is 3.05. The molecular formula is C15H15ClN2O4. The summed E-state index contributed by atoms with van der Waals surface area (Å²) in [7, 11) is 1.56. The number of ether oxygens (including phenoxy) is 2. The average molecular weight is 323 g/mol. The van der Waals surface area contributed by atoms with Gasteiger partial charge in [-0.15, -0.1) is 0 Å². The number of H-pyrrole nitrogens is 1. The molecule has 0 unspecified atom stereocenters. The Morgan fingerprint density at radius 3 is 2.77 bits per heavy atom. The molecule has 1 aromatic carbocycles. The topological polar surface area (TPSA) is 80.4 Å². The number of rotatable bonds is 6. The number of hydrogen-bond donors (Lipinski definition) is 2. The predicted molar refractivity (Wildman–Crippen MR) is 80.9 cm³/mol. The van der Waals surface area contributed by atoms with Crippen molar-refractivity contribution >= 4 is 23.5 Å². The zero-order chi connectivity index (χ0) is 15.9. The van der Waals surface area contributed by atoms with Gasteiger partial charge in [-0.2, -0.15) is 0 Å². The van der Waals surface area contributed by atoms with Gasteiger partial charge in [0.05, 0.1) is 12.1 Å². The van der Waals surface area contributed by atoms with Gasteiger partial charge in [0.2, 0.25) is 0 Å². The van der Waals surface area contributed by atoms with Gasteiger partial charge in [0, 0.05) is 18.3 Å². The molecule has 0 fully saturated rings. The number of aromatic amines is 1. The normalized spacial score (nSPS) is 10.1. The van der Waals surface area contributed by atoms with Crippen LogP contribution in [0.2, 0.25) is 5.02 Å². The van der Waals surface area contributed by atoms with E-state index in [1.807, 2.05) is 18.2 Å².